The normalized spacial score (nSPS) is 29.4. The number of carbonyl (C=O) groups excluding carboxylic acids is 1. The van der Waals surface area contributed by atoms with E-state index in [4.69, 9.17) is 5.73 Å². The van der Waals surface area contributed by atoms with Gasteiger partial charge in [0.05, 0.1) is 0 Å². The summed E-state index contributed by atoms with van der Waals surface area (Å²) >= 11 is 0. The Balaban J connectivity index is 1.31. The van der Waals surface area contributed by atoms with Crippen molar-refractivity contribution in [3.8, 4) is 0 Å². The maximum absolute atomic E-state index is 13.2. The van der Waals surface area contributed by atoms with Crippen molar-refractivity contribution in [1.29, 1.82) is 0 Å². The Morgan fingerprint density at radius 1 is 0.848 bits per heavy atom. The van der Waals surface area contributed by atoms with Gasteiger partial charge >= 0.3 is 0 Å². The van der Waals surface area contributed by atoms with E-state index in [0.29, 0.717) is 11.8 Å². The third kappa shape index (κ3) is 8.86. The molecular formula is C30H56N2O. The van der Waals surface area contributed by atoms with Crippen LogP contribution in [0.3, 0.4) is 0 Å². The molecule has 4 aliphatic carbocycles. The highest BCUT2D eigenvalue weighted by Gasteiger charge is 2.54. The first-order valence-electron chi connectivity index (χ1n) is 14.9. The van der Waals surface area contributed by atoms with Crippen molar-refractivity contribution in [2.45, 2.75) is 148 Å². The maximum atomic E-state index is 13.2. The number of carbonyl (C=O) groups is 1. The number of nitrogens with two attached hydrogens (primary N) is 1. The molecule has 0 aromatic rings. The van der Waals surface area contributed by atoms with Gasteiger partial charge in [0.2, 0.25) is 5.91 Å². The topological polar surface area (TPSA) is 55.1 Å². The van der Waals surface area contributed by atoms with Crippen molar-refractivity contribution in [3.63, 3.8) is 0 Å². The Kier molecular flexibility index (Phi) is 10.6. The summed E-state index contributed by atoms with van der Waals surface area (Å²) in [7, 11) is 0. The molecule has 4 rings (SSSR count). The highest BCUT2D eigenvalue weighted by molar-refractivity contribution is 5.83. The molecule has 4 fully saturated rings. The van der Waals surface area contributed by atoms with Crippen LogP contribution >= 0.6 is 0 Å². The highest BCUT2D eigenvalue weighted by Crippen LogP contribution is 2.60. The fourth-order valence-corrected chi connectivity index (χ4v) is 8.01. The summed E-state index contributed by atoms with van der Waals surface area (Å²) < 4.78 is 0. The first-order chi connectivity index (χ1) is 15.8. The third-order valence-corrected chi connectivity index (χ3v) is 9.13. The van der Waals surface area contributed by atoms with Crippen LogP contribution < -0.4 is 11.1 Å². The largest absolute Gasteiger partial charge is 0.356 e. The predicted molar refractivity (Wildman–Crippen MR) is 141 cm³/mol. The molecular weight excluding hydrogens is 404 g/mol. The number of nitrogens with one attached hydrogen (secondary N) is 1. The number of rotatable bonds is 17. The number of hydrogen-bond donors (Lipinski definition) is 2. The summed E-state index contributed by atoms with van der Waals surface area (Å²) in [6.45, 7) is 7.49. The Morgan fingerprint density at radius 3 is 1.85 bits per heavy atom. The zero-order valence-electron chi connectivity index (χ0n) is 22.4. The summed E-state index contributed by atoms with van der Waals surface area (Å²) in [5, 5.41) is 3.39. The number of amides is 1. The second-order valence-corrected chi connectivity index (χ2v) is 13.3. The fourth-order valence-electron chi connectivity index (χ4n) is 8.01. The van der Waals surface area contributed by atoms with Gasteiger partial charge < -0.3 is 11.1 Å². The van der Waals surface area contributed by atoms with Crippen molar-refractivity contribution >= 4 is 5.91 Å². The van der Waals surface area contributed by atoms with Crippen molar-refractivity contribution in [1.82, 2.24) is 5.32 Å². The smallest absolute Gasteiger partial charge is 0.226 e. The van der Waals surface area contributed by atoms with E-state index in [2.05, 4.69) is 26.1 Å². The van der Waals surface area contributed by atoms with E-state index in [-0.39, 0.29) is 11.0 Å². The van der Waals surface area contributed by atoms with Crippen LogP contribution in [0.15, 0.2) is 0 Å². The SMILES string of the molecule is CCCCCCCCCCCC(CCCNC(=O)C12CC3CC(CC(C3)C1)C2)CC(C)(C)N. The first kappa shape index (κ1) is 27.0. The minimum absolute atomic E-state index is 0.00391. The average molecular weight is 461 g/mol. The minimum Gasteiger partial charge on any atom is -0.356 e. The molecule has 1 atom stereocenters. The fraction of sp³-hybridized carbons (Fsp3) is 0.967. The van der Waals surface area contributed by atoms with Crippen molar-refractivity contribution < 1.29 is 4.79 Å². The summed E-state index contributed by atoms with van der Waals surface area (Å²) in [4.78, 5) is 13.2. The monoisotopic (exact) mass is 460 g/mol. The van der Waals surface area contributed by atoms with Gasteiger partial charge in [-0.05, 0) is 95.3 Å². The van der Waals surface area contributed by atoms with Crippen molar-refractivity contribution in [2.24, 2.45) is 34.8 Å². The van der Waals surface area contributed by atoms with Crippen LogP contribution in [0.5, 0.6) is 0 Å². The van der Waals surface area contributed by atoms with Gasteiger partial charge in [-0.1, -0.05) is 71.1 Å². The molecule has 0 aromatic heterocycles. The Hall–Kier alpha value is -0.570. The zero-order chi connectivity index (χ0) is 23.7. The van der Waals surface area contributed by atoms with E-state index >= 15 is 0 Å². The van der Waals surface area contributed by atoms with Crippen LogP contribution in [0.1, 0.15) is 143 Å². The molecule has 0 radical (unpaired) electrons. The van der Waals surface area contributed by atoms with Crippen LogP contribution in [0, 0.1) is 29.1 Å². The van der Waals surface area contributed by atoms with Gasteiger partial charge in [-0.25, -0.2) is 0 Å². The molecule has 33 heavy (non-hydrogen) atoms. The lowest BCUT2D eigenvalue weighted by Crippen LogP contribution is -2.53. The van der Waals surface area contributed by atoms with E-state index in [0.717, 1.165) is 37.1 Å². The zero-order valence-corrected chi connectivity index (χ0v) is 22.4. The summed E-state index contributed by atoms with van der Waals surface area (Å²) in [5.41, 5.74) is 6.31. The number of unbranched alkanes of at least 4 members (excludes halogenated alkanes) is 8. The lowest BCUT2D eigenvalue weighted by molar-refractivity contribution is -0.146. The van der Waals surface area contributed by atoms with Crippen LogP contribution in [0.2, 0.25) is 0 Å². The molecule has 4 saturated carbocycles. The molecule has 0 spiro atoms. The molecule has 3 heteroatoms. The van der Waals surface area contributed by atoms with E-state index < -0.39 is 0 Å². The van der Waals surface area contributed by atoms with Gasteiger partial charge in [0.15, 0.2) is 0 Å². The predicted octanol–water partition coefficient (Wildman–Crippen LogP) is 7.76. The molecule has 1 unspecified atom stereocenters. The van der Waals surface area contributed by atoms with Crippen LogP contribution in [-0.2, 0) is 4.79 Å². The molecule has 4 bridgehead atoms. The molecule has 0 heterocycles. The molecule has 3 N–H and O–H groups in total. The van der Waals surface area contributed by atoms with Gasteiger partial charge in [0.25, 0.3) is 0 Å². The molecule has 3 nitrogen and oxygen atoms in total. The summed E-state index contributed by atoms with van der Waals surface area (Å²) in [6.07, 6.45) is 25.0. The molecule has 0 saturated heterocycles. The van der Waals surface area contributed by atoms with E-state index in [1.54, 1.807) is 0 Å². The summed E-state index contributed by atoms with van der Waals surface area (Å²) in [6, 6.07) is 0. The van der Waals surface area contributed by atoms with E-state index in [1.807, 2.05) is 0 Å². The maximum Gasteiger partial charge on any atom is 0.226 e. The second kappa shape index (κ2) is 12.9. The van der Waals surface area contributed by atoms with Crippen LogP contribution in [0.25, 0.3) is 0 Å². The summed E-state index contributed by atoms with van der Waals surface area (Å²) in [5.74, 6) is 3.63. The quantitative estimate of drug-likeness (QED) is 0.218. The Labute approximate surface area is 205 Å². The van der Waals surface area contributed by atoms with Gasteiger partial charge in [0, 0.05) is 17.5 Å². The van der Waals surface area contributed by atoms with Crippen molar-refractivity contribution in [3.05, 3.63) is 0 Å². The Morgan fingerprint density at radius 2 is 1.33 bits per heavy atom. The third-order valence-electron chi connectivity index (χ3n) is 9.13. The van der Waals surface area contributed by atoms with Gasteiger partial charge in [-0.2, -0.15) is 0 Å². The van der Waals surface area contributed by atoms with Crippen molar-refractivity contribution in [2.75, 3.05) is 6.54 Å². The minimum atomic E-state index is -0.0909. The van der Waals surface area contributed by atoms with Gasteiger partial charge in [-0.3, -0.25) is 4.79 Å². The van der Waals surface area contributed by atoms with Gasteiger partial charge in [-0.15, -0.1) is 0 Å². The standard InChI is InChI=1S/C30H56N2O/c1-4-5-6-7-8-9-10-11-12-14-24(20-29(2,3)31)15-13-16-32-28(33)30-21-25-17-26(22-30)19-27(18-25)23-30/h24-27H,4-23,31H2,1-3H3,(H,32,33). The number of hydrogen-bond acceptors (Lipinski definition) is 2. The van der Waals surface area contributed by atoms with E-state index in [1.165, 1.54) is 109 Å². The molecule has 0 aromatic carbocycles. The molecule has 4 aliphatic rings. The van der Waals surface area contributed by atoms with Crippen LogP contribution in [0.4, 0.5) is 0 Å². The van der Waals surface area contributed by atoms with Gasteiger partial charge in [0.1, 0.15) is 0 Å². The lowest BCUT2D eigenvalue weighted by Gasteiger charge is -2.55. The molecule has 0 aliphatic heterocycles. The van der Waals surface area contributed by atoms with E-state index in [9.17, 15) is 4.79 Å². The molecule has 1 amide bonds. The lowest BCUT2D eigenvalue weighted by atomic mass is 9.49. The second-order valence-electron chi connectivity index (χ2n) is 13.3. The molecule has 192 valence electrons. The average Bonchev–Trinajstić information content (AvgIpc) is 2.73. The Bertz CT molecular complexity index is 543. The highest BCUT2D eigenvalue weighted by atomic mass is 16.2. The first-order valence-corrected chi connectivity index (χ1v) is 14.9. The van der Waals surface area contributed by atoms with Crippen LogP contribution in [-0.4, -0.2) is 18.0 Å².